The van der Waals surface area contributed by atoms with Crippen molar-refractivity contribution in [2.75, 3.05) is 6.54 Å². The fraction of sp³-hybridized carbons (Fsp3) is 0.438. The summed E-state index contributed by atoms with van der Waals surface area (Å²) in [5, 5.41) is 4.20. The van der Waals surface area contributed by atoms with Gasteiger partial charge in [-0.25, -0.2) is 4.98 Å². The van der Waals surface area contributed by atoms with Gasteiger partial charge in [0, 0.05) is 18.0 Å². The summed E-state index contributed by atoms with van der Waals surface area (Å²) in [6, 6.07) is 9.07. The Morgan fingerprint density at radius 1 is 1.43 bits per heavy atom. The van der Waals surface area contributed by atoms with Crippen LogP contribution in [0.5, 0.6) is 0 Å². The molecule has 0 aliphatic heterocycles. The third-order valence-corrected chi connectivity index (χ3v) is 4.80. The summed E-state index contributed by atoms with van der Waals surface area (Å²) in [7, 11) is 1.94. The Bertz CT molecular complexity index is 583. The van der Waals surface area contributed by atoms with Crippen molar-refractivity contribution in [2.45, 2.75) is 37.0 Å². The van der Waals surface area contributed by atoms with E-state index in [9.17, 15) is 0 Å². The van der Waals surface area contributed by atoms with Gasteiger partial charge in [0.2, 0.25) is 0 Å². The topological polar surface area (TPSA) is 29.9 Å². The van der Waals surface area contributed by atoms with Crippen LogP contribution in [0.4, 0.5) is 0 Å². The van der Waals surface area contributed by atoms with E-state index >= 15 is 0 Å². The van der Waals surface area contributed by atoms with E-state index in [0.717, 1.165) is 24.5 Å². The van der Waals surface area contributed by atoms with Crippen LogP contribution in [0.25, 0.3) is 0 Å². The number of benzene rings is 1. The van der Waals surface area contributed by atoms with E-state index < -0.39 is 0 Å². The normalized spacial score (nSPS) is 12.6. The van der Waals surface area contributed by atoms with Gasteiger partial charge >= 0.3 is 0 Å². The highest BCUT2D eigenvalue weighted by atomic mass is 35.5. The molecule has 0 saturated carbocycles. The van der Waals surface area contributed by atoms with Crippen LogP contribution in [0.1, 0.15) is 37.7 Å². The molecule has 0 spiro atoms. The van der Waals surface area contributed by atoms with Crippen molar-refractivity contribution >= 4 is 23.4 Å². The Hall–Kier alpha value is -0.970. The predicted molar refractivity (Wildman–Crippen MR) is 90.9 cm³/mol. The van der Waals surface area contributed by atoms with Crippen LogP contribution in [-0.4, -0.2) is 16.1 Å². The second kappa shape index (κ2) is 7.87. The van der Waals surface area contributed by atoms with E-state index in [1.807, 2.05) is 11.6 Å². The average Bonchev–Trinajstić information content (AvgIpc) is 2.82. The second-order valence-corrected chi connectivity index (χ2v) is 6.53. The summed E-state index contributed by atoms with van der Waals surface area (Å²) >= 11 is 7.80. The highest BCUT2D eigenvalue weighted by Gasteiger charge is 2.07. The lowest BCUT2D eigenvalue weighted by Crippen LogP contribution is -2.19. The van der Waals surface area contributed by atoms with E-state index in [4.69, 9.17) is 11.6 Å². The smallest absolute Gasteiger partial charge is 0.128 e. The summed E-state index contributed by atoms with van der Waals surface area (Å²) in [5.74, 6) is 1.82. The van der Waals surface area contributed by atoms with Crippen LogP contribution in [0, 0.1) is 0 Å². The van der Waals surface area contributed by atoms with Gasteiger partial charge in [0.15, 0.2) is 0 Å². The minimum absolute atomic E-state index is 0.383. The molecule has 0 bridgehead atoms. The molecule has 1 unspecified atom stereocenters. The maximum Gasteiger partial charge on any atom is 0.128 e. The van der Waals surface area contributed by atoms with Crippen molar-refractivity contribution < 1.29 is 0 Å². The number of imidazole rings is 1. The Morgan fingerprint density at radius 2 is 2.24 bits per heavy atom. The number of aromatic nitrogens is 2. The number of halogens is 1. The first-order valence-corrected chi connectivity index (χ1v) is 8.60. The number of nitrogens with zero attached hydrogens (tertiary/aromatic N) is 2. The Labute approximate surface area is 136 Å². The van der Waals surface area contributed by atoms with Gasteiger partial charge in [-0.2, -0.15) is 0 Å². The first-order chi connectivity index (χ1) is 10.1. The van der Waals surface area contributed by atoms with Gasteiger partial charge < -0.3 is 9.88 Å². The van der Waals surface area contributed by atoms with E-state index in [1.54, 1.807) is 18.0 Å². The van der Waals surface area contributed by atoms with Crippen molar-refractivity contribution in [3.63, 3.8) is 0 Å². The Kier molecular flexibility index (Phi) is 6.15. The van der Waals surface area contributed by atoms with Crippen LogP contribution in [-0.2, 0) is 12.8 Å². The average molecular weight is 324 g/mol. The summed E-state index contributed by atoms with van der Waals surface area (Å²) in [5.41, 5.74) is 1.33. The zero-order valence-electron chi connectivity index (χ0n) is 12.8. The summed E-state index contributed by atoms with van der Waals surface area (Å²) in [6.45, 7) is 5.44. The lowest BCUT2D eigenvalue weighted by atomic mass is 10.1. The van der Waals surface area contributed by atoms with Crippen molar-refractivity contribution in [3.8, 4) is 0 Å². The molecule has 0 aliphatic carbocycles. The highest BCUT2D eigenvalue weighted by Crippen LogP contribution is 2.26. The molecule has 0 aliphatic rings. The molecule has 0 saturated heterocycles. The number of nitrogens with one attached hydrogen (secondary N) is 1. The van der Waals surface area contributed by atoms with E-state index in [1.165, 1.54) is 10.5 Å². The number of thioether (sulfide) groups is 1. The van der Waals surface area contributed by atoms with E-state index in [-0.39, 0.29) is 0 Å². The molecular formula is C16H22ClN3S. The molecule has 114 valence electrons. The summed E-state index contributed by atoms with van der Waals surface area (Å²) < 4.78 is 1.92. The monoisotopic (exact) mass is 323 g/mol. The molecule has 2 rings (SSSR count). The third-order valence-electron chi connectivity index (χ3n) is 3.45. The quantitative estimate of drug-likeness (QED) is 0.765. The van der Waals surface area contributed by atoms with Gasteiger partial charge in [0.1, 0.15) is 11.0 Å². The molecular weight excluding hydrogens is 302 g/mol. The molecule has 0 fully saturated rings. The Balaban J connectivity index is 1.99. The molecule has 21 heavy (non-hydrogen) atoms. The maximum absolute atomic E-state index is 6.01. The molecule has 1 aromatic carbocycles. The first-order valence-electron chi connectivity index (χ1n) is 7.24. The van der Waals surface area contributed by atoms with Crippen LogP contribution in [0.2, 0.25) is 5.15 Å². The summed E-state index contributed by atoms with van der Waals surface area (Å²) in [6.07, 6.45) is 2.85. The zero-order chi connectivity index (χ0) is 15.2. The van der Waals surface area contributed by atoms with Crippen LogP contribution in [0.15, 0.2) is 35.4 Å². The number of hydrogen-bond acceptors (Lipinski definition) is 3. The van der Waals surface area contributed by atoms with Crippen LogP contribution in [0.3, 0.4) is 0 Å². The third kappa shape index (κ3) is 4.50. The van der Waals surface area contributed by atoms with Crippen LogP contribution >= 0.6 is 23.4 Å². The minimum Gasteiger partial charge on any atom is -0.322 e. The largest absolute Gasteiger partial charge is 0.322 e. The van der Waals surface area contributed by atoms with Crippen LogP contribution < -0.4 is 5.32 Å². The van der Waals surface area contributed by atoms with Gasteiger partial charge in [-0.05, 0) is 37.6 Å². The fourth-order valence-electron chi connectivity index (χ4n) is 2.06. The molecule has 1 heterocycles. The zero-order valence-corrected chi connectivity index (χ0v) is 14.3. The first kappa shape index (κ1) is 16.4. The number of rotatable bonds is 7. The van der Waals surface area contributed by atoms with Crippen molar-refractivity contribution in [2.24, 2.45) is 7.05 Å². The summed E-state index contributed by atoms with van der Waals surface area (Å²) in [4.78, 5) is 5.59. The highest BCUT2D eigenvalue weighted by molar-refractivity contribution is 7.98. The van der Waals surface area contributed by atoms with Gasteiger partial charge in [-0.1, -0.05) is 30.7 Å². The molecule has 2 aromatic rings. The van der Waals surface area contributed by atoms with Crippen molar-refractivity contribution in [1.29, 1.82) is 0 Å². The molecule has 5 heteroatoms. The molecule has 0 amide bonds. The minimum atomic E-state index is 0.383. The molecule has 3 nitrogen and oxygen atoms in total. The van der Waals surface area contributed by atoms with Gasteiger partial charge in [-0.15, -0.1) is 11.8 Å². The predicted octanol–water partition coefficient (Wildman–Crippen LogP) is 4.43. The molecule has 1 aromatic heterocycles. The van der Waals surface area contributed by atoms with Crippen molar-refractivity contribution in [1.82, 2.24) is 14.9 Å². The van der Waals surface area contributed by atoms with Crippen molar-refractivity contribution in [3.05, 3.63) is 47.0 Å². The lowest BCUT2D eigenvalue weighted by molar-refractivity contribution is 0.570. The van der Waals surface area contributed by atoms with Gasteiger partial charge in [-0.3, -0.25) is 0 Å². The SMILES string of the molecule is CCCNC(C)c1cccc(SCc2ncc(Cl)n2C)c1. The van der Waals surface area contributed by atoms with Gasteiger partial charge in [0.05, 0.1) is 11.9 Å². The lowest BCUT2D eigenvalue weighted by Gasteiger charge is -2.14. The maximum atomic E-state index is 6.01. The van der Waals surface area contributed by atoms with E-state index in [0.29, 0.717) is 11.2 Å². The van der Waals surface area contributed by atoms with Gasteiger partial charge in [0.25, 0.3) is 0 Å². The standard InChI is InChI=1S/C16H22ClN3S/c1-4-8-18-12(2)13-6-5-7-14(9-13)21-11-16-19-10-15(17)20(16)3/h5-7,9-10,12,18H,4,8,11H2,1-3H3. The molecule has 1 N–H and O–H groups in total. The fourth-order valence-corrected chi connectivity index (χ4v) is 3.16. The number of hydrogen-bond donors (Lipinski definition) is 1. The molecule has 1 atom stereocenters. The molecule has 0 radical (unpaired) electrons. The Morgan fingerprint density at radius 3 is 2.90 bits per heavy atom. The van der Waals surface area contributed by atoms with E-state index in [2.05, 4.69) is 48.4 Å². The second-order valence-electron chi connectivity index (χ2n) is 5.09.